The highest BCUT2D eigenvalue weighted by Crippen LogP contribution is 2.34. The third-order valence-corrected chi connectivity index (χ3v) is 6.34. The van der Waals surface area contributed by atoms with Crippen molar-refractivity contribution in [3.63, 3.8) is 0 Å². The van der Waals surface area contributed by atoms with Crippen molar-refractivity contribution >= 4 is 35.2 Å². The molecule has 0 bridgehead atoms. The van der Waals surface area contributed by atoms with Crippen LogP contribution in [0, 0.1) is 0 Å². The van der Waals surface area contributed by atoms with Crippen LogP contribution in [-0.4, -0.2) is 12.9 Å². The monoisotopic (exact) mass is 486 g/mol. The van der Waals surface area contributed by atoms with Gasteiger partial charge in [0.2, 0.25) is 0 Å². The molecular weight excluding hydrogens is 464 g/mol. The van der Waals surface area contributed by atoms with E-state index < -0.39 is 0 Å². The molecule has 5 heteroatoms. The number of Topliss-reactive ketones (excluding diaryl/α,β-unsaturated/α-hetero) is 1. The Morgan fingerprint density at radius 2 is 1.53 bits per heavy atom. The maximum atomic E-state index is 13.5. The number of carbonyl (C=O) groups excluding carboxylic acids is 1. The van der Waals surface area contributed by atoms with Gasteiger partial charge < -0.3 is 9.47 Å². The van der Waals surface area contributed by atoms with Crippen LogP contribution in [0.3, 0.4) is 0 Å². The van der Waals surface area contributed by atoms with Crippen LogP contribution in [0.2, 0.25) is 5.02 Å². The quantitative estimate of drug-likeness (QED) is 0.137. The summed E-state index contributed by atoms with van der Waals surface area (Å²) < 4.78 is 11.4. The van der Waals surface area contributed by atoms with E-state index in [2.05, 4.69) is 0 Å². The van der Waals surface area contributed by atoms with Gasteiger partial charge in [0, 0.05) is 21.0 Å². The molecule has 0 aliphatic carbocycles. The standard InChI is InChI=1S/C29H23ClO3S/c1-32-25-15-17-26(18-16-25)34-28(29(31)22-11-13-24(30)14-12-22)19-23-9-5-6-10-27(23)33-20-21-7-3-2-4-8-21/h2-19H,20H2,1H3. The highest BCUT2D eigenvalue weighted by atomic mass is 35.5. The van der Waals surface area contributed by atoms with E-state index in [-0.39, 0.29) is 5.78 Å². The molecule has 0 unspecified atom stereocenters. The van der Waals surface area contributed by atoms with Gasteiger partial charge in [-0.3, -0.25) is 4.79 Å². The van der Waals surface area contributed by atoms with Crippen molar-refractivity contribution < 1.29 is 14.3 Å². The van der Waals surface area contributed by atoms with Crippen LogP contribution in [-0.2, 0) is 6.61 Å². The Hall–Kier alpha value is -3.47. The lowest BCUT2D eigenvalue weighted by molar-refractivity contribution is 0.104. The number of carbonyl (C=O) groups is 1. The number of hydrogen-bond acceptors (Lipinski definition) is 4. The summed E-state index contributed by atoms with van der Waals surface area (Å²) in [5.41, 5.74) is 2.47. The van der Waals surface area contributed by atoms with Gasteiger partial charge in [0.25, 0.3) is 0 Å². The molecule has 0 aliphatic heterocycles. The Morgan fingerprint density at radius 3 is 2.24 bits per heavy atom. The van der Waals surface area contributed by atoms with Gasteiger partial charge in [-0.2, -0.15) is 0 Å². The molecule has 4 rings (SSSR count). The van der Waals surface area contributed by atoms with Gasteiger partial charge in [-0.15, -0.1) is 0 Å². The Balaban J connectivity index is 1.66. The van der Waals surface area contributed by atoms with Crippen LogP contribution < -0.4 is 9.47 Å². The van der Waals surface area contributed by atoms with Gasteiger partial charge in [0.15, 0.2) is 5.78 Å². The molecule has 0 N–H and O–H groups in total. The van der Waals surface area contributed by atoms with Gasteiger partial charge >= 0.3 is 0 Å². The van der Waals surface area contributed by atoms with E-state index in [1.807, 2.05) is 84.9 Å². The van der Waals surface area contributed by atoms with E-state index >= 15 is 0 Å². The molecule has 0 saturated carbocycles. The van der Waals surface area contributed by atoms with Crippen molar-refractivity contribution in [2.24, 2.45) is 0 Å². The molecule has 0 aliphatic rings. The predicted molar refractivity (Wildman–Crippen MR) is 140 cm³/mol. The zero-order chi connectivity index (χ0) is 23.8. The van der Waals surface area contributed by atoms with Gasteiger partial charge in [0.05, 0.1) is 12.0 Å². The number of ketones is 1. The molecule has 3 nitrogen and oxygen atoms in total. The highest BCUT2D eigenvalue weighted by Gasteiger charge is 2.16. The molecule has 0 heterocycles. The molecular formula is C29H23ClO3S. The van der Waals surface area contributed by atoms with Gasteiger partial charge in [-0.05, 0) is 66.2 Å². The van der Waals surface area contributed by atoms with Crippen molar-refractivity contribution in [2.75, 3.05) is 7.11 Å². The number of halogens is 1. The number of rotatable bonds is 9. The van der Waals surface area contributed by atoms with E-state index in [1.165, 1.54) is 11.8 Å². The lowest BCUT2D eigenvalue weighted by atomic mass is 10.1. The molecule has 0 atom stereocenters. The molecule has 0 spiro atoms. The second kappa shape index (κ2) is 11.6. The van der Waals surface area contributed by atoms with Crippen molar-refractivity contribution in [1.82, 2.24) is 0 Å². The summed E-state index contributed by atoms with van der Waals surface area (Å²) in [5.74, 6) is 1.39. The summed E-state index contributed by atoms with van der Waals surface area (Å²) in [6, 6.07) is 32.3. The Morgan fingerprint density at radius 1 is 0.853 bits per heavy atom. The summed E-state index contributed by atoms with van der Waals surface area (Å²) in [5, 5.41) is 0.588. The fourth-order valence-electron chi connectivity index (χ4n) is 3.26. The van der Waals surface area contributed by atoms with Crippen molar-refractivity contribution in [3.05, 3.63) is 130 Å². The minimum absolute atomic E-state index is 0.0876. The molecule has 0 amide bonds. The summed E-state index contributed by atoms with van der Waals surface area (Å²) in [6.45, 7) is 0.442. The molecule has 170 valence electrons. The van der Waals surface area contributed by atoms with E-state index in [1.54, 1.807) is 31.4 Å². The lowest BCUT2D eigenvalue weighted by Gasteiger charge is -2.12. The second-order valence-electron chi connectivity index (χ2n) is 7.43. The van der Waals surface area contributed by atoms with Gasteiger partial charge in [0.1, 0.15) is 18.1 Å². The van der Waals surface area contributed by atoms with Gasteiger partial charge in [-0.1, -0.05) is 71.9 Å². The summed E-state index contributed by atoms with van der Waals surface area (Å²) in [4.78, 5) is 15.0. The van der Waals surface area contributed by atoms with Crippen molar-refractivity contribution in [1.29, 1.82) is 0 Å². The van der Waals surface area contributed by atoms with E-state index in [9.17, 15) is 4.79 Å². The first kappa shape index (κ1) is 23.7. The van der Waals surface area contributed by atoms with Crippen molar-refractivity contribution in [3.8, 4) is 11.5 Å². The molecule has 34 heavy (non-hydrogen) atoms. The van der Waals surface area contributed by atoms with Crippen LogP contribution in [0.25, 0.3) is 6.08 Å². The maximum absolute atomic E-state index is 13.5. The van der Waals surface area contributed by atoms with Crippen LogP contribution in [0.5, 0.6) is 11.5 Å². The Kier molecular flexibility index (Phi) is 8.08. The fourth-order valence-corrected chi connectivity index (χ4v) is 4.31. The number of ether oxygens (including phenoxy) is 2. The average Bonchev–Trinajstić information content (AvgIpc) is 2.89. The first-order valence-corrected chi connectivity index (χ1v) is 11.9. The van der Waals surface area contributed by atoms with Crippen LogP contribution in [0.1, 0.15) is 21.5 Å². The molecule has 4 aromatic rings. The number of thioether (sulfide) groups is 1. The van der Waals surface area contributed by atoms with E-state index in [0.717, 1.165) is 21.8 Å². The number of methoxy groups -OCH3 is 1. The first-order chi connectivity index (χ1) is 16.6. The Bertz CT molecular complexity index is 1270. The van der Waals surface area contributed by atoms with Gasteiger partial charge in [-0.25, -0.2) is 0 Å². The molecule has 0 saturated heterocycles. The topological polar surface area (TPSA) is 35.5 Å². The number of hydrogen-bond donors (Lipinski definition) is 0. The largest absolute Gasteiger partial charge is 0.497 e. The zero-order valence-electron chi connectivity index (χ0n) is 18.6. The second-order valence-corrected chi connectivity index (χ2v) is 8.99. The average molecular weight is 487 g/mol. The maximum Gasteiger partial charge on any atom is 0.199 e. The Labute approximate surface area is 209 Å². The smallest absolute Gasteiger partial charge is 0.199 e. The first-order valence-electron chi connectivity index (χ1n) is 10.7. The SMILES string of the molecule is COc1ccc(SC(=Cc2ccccc2OCc2ccccc2)C(=O)c2ccc(Cl)cc2)cc1. The summed E-state index contributed by atoms with van der Waals surface area (Å²) >= 11 is 7.43. The summed E-state index contributed by atoms with van der Waals surface area (Å²) in [7, 11) is 1.63. The summed E-state index contributed by atoms with van der Waals surface area (Å²) in [6.07, 6.45) is 1.88. The minimum Gasteiger partial charge on any atom is -0.497 e. The normalized spacial score (nSPS) is 11.2. The molecule has 0 fully saturated rings. The van der Waals surface area contributed by atoms with Crippen LogP contribution in [0.4, 0.5) is 0 Å². The number of allylic oxidation sites excluding steroid dienone is 1. The zero-order valence-corrected chi connectivity index (χ0v) is 20.2. The number of benzene rings is 4. The van der Waals surface area contributed by atoms with E-state index in [4.69, 9.17) is 21.1 Å². The fraction of sp³-hybridized carbons (Fsp3) is 0.0690. The predicted octanol–water partition coefficient (Wildman–Crippen LogP) is 7.94. The van der Waals surface area contributed by atoms with Crippen molar-refractivity contribution in [2.45, 2.75) is 11.5 Å². The third kappa shape index (κ3) is 6.31. The number of para-hydroxylation sites is 1. The minimum atomic E-state index is -0.0876. The van der Waals surface area contributed by atoms with E-state index in [0.29, 0.717) is 27.8 Å². The lowest BCUT2D eigenvalue weighted by Crippen LogP contribution is -2.02. The molecule has 0 radical (unpaired) electrons. The molecule has 0 aromatic heterocycles. The van der Waals surface area contributed by atoms with Crippen LogP contribution >= 0.6 is 23.4 Å². The third-order valence-electron chi connectivity index (χ3n) is 5.06. The highest BCUT2D eigenvalue weighted by molar-refractivity contribution is 8.04. The van der Waals surface area contributed by atoms with Crippen LogP contribution in [0.15, 0.2) is 113 Å². The molecule has 4 aromatic carbocycles.